The second kappa shape index (κ2) is 5.05. The van der Waals surface area contributed by atoms with Crippen LogP contribution in [-0.2, 0) is 6.54 Å². The highest BCUT2D eigenvalue weighted by Crippen LogP contribution is 2.08. The van der Waals surface area contributed by atoms with Crippen molar-refractivity contribution >= 4 is 0 Å². The molecule has 0 unspecified atom stereocenters. The molecule has 2 rings (SSSR count). The molecule has 0 saturated heterocycles. The lowest BCUT2D eigenvalue weighted by atomic mass is 10.4. The van der Waals surface area contributed by atoms with Gasteiger partial charge in [-0.2, -0.15) is 9.78 Å². The number of nitrogens with one attached hydrogen (secondary N) is 1. The molecule has 0 amide bonds. The van der Waals surface area contributed by atoms with Gasteiger partial charge in [0.2, 0.25) is 0 Å². The Balaban J connectivity index is 2.23. The Labute approximate surface area is 99.8 Å². The molecule has 0 atom stereocenters. The number of hydrogen-bond donors (Lipinski definition) is 1. The average molecular weight is 235 g/mol. The monoisotopic (exact) mass is 235 g/mol. The minimum atomic E-state index is 0.331. The summed E-state index contributed by atoms with van der Waals surface area (Å²) in [4.78, 5) is 0. The number of nitrogens with zero attached hydrogens (tertiary/aromatic N) is 6. The van der Waals surface area contributed by atoms with Crippen LogP contribution in [0, 0.1) is 0 Å². The Hall–Kier alpha value is -1.76. The molecule has 0 radical (unpaired) electrons. The molecule has 0 bridgehead atoms. The Morgan fingerprint density at radius 3 is 2.88 bits per heavy atom. The van der Waals surface area contributed by atoms with Crippen LogP contribution in [0.25, 0.3) is 5.82 Å². The minimum absolute atomic E-state index is 0.331. The lowest BCUT2D eigenvalue weighted by molar-refractivity contribution is 0.525. The lowest BCUT2D eigenvalue weighted by Crippen LogP contribution is -2.16. The number of tetrazole rings is 1. The fourth-order valence-electron chi connectivity index (χ4n) is 1.46. The molecule has 0 aliphatic heterocycles. The SMILES string of the molecule is CCNCc1nnnn1-c1ccn(C(C)C)n1. The first-order valence-corrected chi connectivity index (χ1v) is 5.76. The minimum Gasteiger partial charge on any atom is -0.310 e. The summed E-state index contributed by atoms with van der Waals surface area (Å²) < 4.78 is 3.54. The highest BCUT2D eigenvalue weighted by atomic mass is 15.6. The van der Waals surface area contributed by atoms with Crippen LogP contribution in [0.3, 0.4) is 0 Å². The molecule has 2 heterocycles. The van der Waals surface area contributed by atoms with Gasteiger partial charge in [-0.05, 0) is 30.8 Å². The van der Waals surface area contributed by atoms with Crippen LogP contribution >= 0.6 is 0 Å². The molecular formula is C10H17N7. The Morgan fingerprint density at radius 1 is 1.41 bits per heavy atom. The molecular weight excluding hydrogens is 218 g/mol. The third-order valence-electron chi connectivity index (χ3n) is 2.41. The lowest BCUT2D eigenvalue weighted by Gasteiger charge is -2.04. The highest BCUT2D eigenvalue weighted by molar-refractivity contribution is 5.19. The Morgan fingerprint density at radius 2 is 2.24 bits per heavy atom. The fourth-order valence-corrected chi connectivity index (χ4v) is 1.46. The van der Waals surface area contributed by atoms with Crippen LogP contribution in [0.5, 0.6) is 0 Å². The average Bonchev–Trinajstić information content (AvgIpc) is 2.94. The zero-order chi connectivity index (χ0) is 12.3. The van der Waals surface area contributed by atoms with E-state index in [2.05, 4.69) is 39.8 Å². The van der Waals surface area contributed by atoms with Crippen molar-refractivity contribution < 1.29 is 0 Å². The molecule has 2 aromatic heterocycles. The van der Waals surface area contributed by atoms with E-state index in [-0.39, 0.29) is 0 Å². The van der Waals surface area contributed by atoms with E-state index in [1.165, 1.54) is 0 Å². The van der Waals surface area contributed by atoms with Crippen molar-refractivity contribution in [1.82, 2.24) is 35.3 Å². The largest absolute Gasteiger partial charge is 0.310 e. The molecule has 7 heteroatoms. The Kier molecular flexibility index (Phi) is 3.48. The number of hydrogen-bond acceptors (Lipinski definition) is 5. The molecule has 7 nitrogen and oxygen atoms in total. The first-order chi connectivity index (χ1) is 8.22. The zero-order valence-corrected chi connectivity index (χ0v) is 10.3. The topological polar surface area (TPSA) is 73.5 Å². The van der Waals surface area contributed by atoms with E-state index in [0.717, 1.165) is 18.2 Å². The molecule has 92 valence electrons. The van der Waals surface area contributed by atoms with Crippen molar-refractivity contribution in [3.05, 3.63) is 18.1 Å². The van der Waals surface area contributed by atoms with Crippen molar-refractivity contribution in [1.29, 1.82) is 0 Å². The van der Waals surface area contributed by atoms with Gasteiger partial charge in [-0.3, -0.25) is 4.68 Å². The standard InChI is InChI=1S/C10H17N7/c1-4-11-7-10-12-14-15-17(10)9-5-6-16(13-9)8(2)3/h5-6,8,11H,4,7H2,1-3H3. The molecule has 17 heavy (non-hydrogen) atoms. The third-order valence-corrected chi connectivity index (χ3v) is 2.41. The van der Waals surface area contributed by atoms with E-state index < -0.39 is 0 Å². The normalized spacial score (nSPS) is 11.3. The van der Waals surface area contributed by atoms with Gasteiger partial charge in [0, 0.05) is 18.3 Å². The van der Waals surface area contributed by atoms with Crippen molar-refractivity contribution in [3.63, 3.8) is 0 Å². The smallest absolute Gasteiger partial charge is 0.179 e. The van der Waals surface area contributed by atoms with Gasteiger partial charge in [0.25, 0.3) is 0 Å². The maximum Gasteiger partial charge on any atom is 0.179 e. The molecule has 0 fully saturated rings. The van der Waals surface area contributed by atoms with Gasteiger partial charge < -0.3 is 5.32 Å². The second-order valence-electron chi connectivity index (χ2n) is 4.03. The van der Waals surface area contributed by atoms with E-state index in [1.54, 1.807) is 4.68 Å². The van der Waals surface area contributed by atoms with Crippen molar-refractivity contribution in [2.75, 3.05) is 6.54 Å². The van der Waals surface area contributed by atoms with Crippen LogP contribution in [0.4, 0.5) is 0 Å². The molecule has 0 saturated carbocycles. The van der Waals surface area contributed by atoms with Gasteiger partial charge in [0.05, 0.1) is 6.54 Å². The van der Waals surface area contributed by atoms with Crippen molar-refractivity contribution in [2.45, 2.75) is 33.4 Å². The van der Waals surface area contributed by atoms with Crippen LogP contribution in [0.1, 0.15) is 32.6 Å². The maximum absolute atomic E-state index is 4.43. The summed E-state index contributed by atoms with van der Waals surface area (Å²) in [7, 11) is 0. The molecule has 0 spiro atoms. The highest BCUT2D eigenvalue weighted by Gasteiger charge is 2.10. The molecule has 0 aliphatic rings. The van der Waals surface area contributed by atoms with E-state index in [0.29, 0.717) is 12.6 Å². The first kappa shape index (κ1) is 11.7. The molecule has 0 aliphatic carbocycles. The summed E-state index contributed by atoms with van der Waals surface area (Å²) in [6, 6.07) is 2.24. The molecule has 1 N–H and O–H groups in total. The van der Waals surface area contributed by atoms with E-state index in [9.17, 15) is 0 Å². The second-order valence-corrected chi connectivity index (χ2v) is 4.03. The van der Waals surface area contributed by atoms with E-state index >= 15 is 0 Å². The summed E-state index contributed by atoms with van der Waals surface area (Å²) >= 11 is 0. The Bertz CT molecular complexity index is 470. The van der Waals surface area contributed by atoms with Crippen LogP contribution in [-0.4, -0.2) is 36.5 Å². The van der Waals surface area contributed by atoms with E-state index in [4.69, 9.17) is 0 Å². The molecule has 2 aromatic rings. The van der Waals surface area contributed by atoms with Gasteiger partial charge in [-0.25, -0.2) is 0 Å². The summed E-state index contributed by atoms with van der Waals surface area (Å²) in [5.74, 6) is 1.51. The summed E-state index contributed by atoms with van der Waals surface area (Å²) in [5.41, 5.74) is 0. The molecule has 0 aromatic carbocycles. The van der Waals surface area contributed by atoms with Crippen molar-refractivity contribution in [3.8, 4) is 5.82 Å². The van der Waals surface area contributed by atoms with Gasteiger partial charge in [-0.1, -0.05) is 6.92 Å². The third kappa shape index (κ3) is 2.50. The van der Waals surface area contributed by atoms with Gasteiger partial charge >= 0.3 is 0 Å². The summed E-state index contributed by atoms with van der Waals surface area (Å²) in [6.45, 7) is 7.72. The maximum atomic E-state index is 4.43. The van der Waals surface area contributed by atoms with Crippen LogP contribution in [0.15, 0.2) is 12.3 Å². The van der Waals surface area contributed by atoms with Crippen LogP contribution < -0.4 is 5.32 Å². The predicted molar refractivity (Wildman–Crippen MR) is 62.7 cm³/mol. The van der Waals surface area contributed by atoms with Crippen LogP contribution in [0.2, 0.25) is 0 Å². The predicted octanol–water partition coefficient (Wildman–Crippen LogP) is 0.549. The number of aromatic nitrogens is 6. The fraction of sp³-hybridized carbons (Fsp3) is 0.600. The first-order valence-electron chi connectivity index (χ1n) is 5.76. The summed E-state index contributed by atoms with van der Waals surface area (Å²) in [6.07, 6.45) is 1.93. The van der Waals surface area contributed by atoms with Gasteiger partial charge in [-0.15, -0.1) is 5.10 Å². The zero-order valence-electron chi connectivity index (χ0n) is 10.3. The van der Waals surface area contributed by atoms with Gasteiger partial charge in [0.1, 0.15) is 0 Å². The van der Waals surface area contributed by atoms with E-state index in [1.807, 2.05) is 23.9 Å². The quantitative estimate of drug-likeness (QED) is 0.819. The van der Waals surface area contributed by atoms with Crippen molar-refractivity contribution in [2.24, 2.45) is 0 Å². The van der Waals surface area contributed by atoms with Gasteiger partial charge in [0.15, 0.2) is 11.6 Å². The number of rotatable bonds is 5. The summed E-state index contributed by atoms with van der Waals surface area (Å²) in [5, 5.41) is 19.2.